The molecule has 14 heavy (non-hydrogen) atoms. The number of rotatable bonds is 3. The van der Waals surface area contributed by atoms with Crippen LogP contribution in [-0.2, 0) is 15.6 Å². The highest BCUT2D eigenvalue weighted by Gasteiger charge is 2.19. The van der Waals surface area contributed by atoms with E-state index < -0.39 is 22.0 Å². The van der Waals surface area contributed by atoms with Crippen molar-refractivity contribution in [2.24, 2.45) is 0 Å². The molecule has 0 saturated carbocycles. The average molecular weight is 212 g/mol. The summed E-state index contributed by atoms with van der Waals surface area (Å²) in [7, 11) is -1.47. The summed E-state index contributed by atoms with van der Waals surface area (Å²) in [6.45, 7) is 3.37. The lowest BCUT2D eigenvalue weighted by Gasteiger charge is -2.06. The Morgan fingerprint density at radius 2 is 1.86 bits per heavy atom. The van der Waals surface area contributed by atoms with Gasteiger partial charge in [-0.1, -0.05) is 17.7 Å². The second-order valence-electron chi connectivity index (χ2n) is 3.09. The van der Waals surface area contributed by atoms with Crippen LogP contribution in [-0.4, -0.2) is 20.5 Å². The van der Waals surface area contributed by atoms with Crippen molar-refractivity contribution in [2.45, 2.75) is 24.0 Å². The predicted molar refractivity (Wildman–Crippen MR) is 54.7 cm³/mol. The van der Waals surface area contributed by atoms with E-state index in [4.69, 9.17) is 5.11 Å². The van der Waals surface area contributed by atoms with Gasteiger partial charge in [0, 0.05) is 4.90 Å². The van der Waals surface area contributed by atoms with Crippen LogP contribution in [0.15, 0.2) is 29.2 Å². The van der Waals surface area contributed by atoms with Gasteiger partial charge in [0.2, 0.25) is 0 Å². The Bertz CT molecular complexity index is 356. The van der Waals surface area contributed by atoms with Crippen molar-refractivity contribution in [3.63, 3.8) is 0 Å². The quantitative estimate of drug-likeness (QED) is 0.827. The largest absolute Gasteiger partial charge is 0.480 e. The second-order valence-corrected chi connectivity index (χ2v) is 4.86. The van der Waals surface area contributed by atoms with Crippen LogP contribution < -0.4 is 0 Å². The minimum Gasteiger partial charge on any atom is -0.480 e. The van der Waals surface area contributed by atoms with E-state index in [0.717, 1.165) is 5.56 Å². The third kappa shape index (κ3) is 2.42. The number of carboxylic acids is 1. The topological polar surface area (TPSA) is 54.4 Å². The molecule has 1 rings (SSSR count). The number of hydrogen-bond donors (Lipinski definition) is 1. The van der Waals surface area contributed by atoms with Crippen molar-refractivity contribution in [1.29, 1.82) is 0 Å². The maximum absolute atomic E-state index is 11.6. The minimum absolute atomic E-state index is 0.561. The first-order chi connectivity index (χ1) is 6.52. The van der Waals surface area contributed by atoms with Crippen molar-refractivity contribution < 1.29 is 14.1 Å². The van der Waals surface area contributed by atoms with E-state index >= 15 is 0 Å². The van der Waals surface area contributed by atoms with Gasteiger partial charge in [-0.15, -0.1) is 0 Å². The van der Waals surface area contributed by atoms with Crippen LogP contribution in [0.2, 0.25) is 0 Å². The van der Waals surface area contributed by atoms with Crippen LogP contribution in [0.1, 0.15) is 12.5 Å². The molecule has 3 nitrogen and oxygen atoms in total. The molecule has 2 atom stereocenters. The SMILES string of the molecule is Cc1ccc(S(=O)C(C)C(=O)O)cc1. The van der Waals surface area contributed by atoms with Crippen molar-refractivity contribution >= 4 is 16.8 Å². The Kier molecular flexibility index (Phi) is 3.41. The highest BCUT2D eigenvalue weighted by Crippen LogP contribution is 2.12. The summed E-state index contributed by atoms with van der Waals surface area (Å²) in [4.78, 5) is 11.1. The zero-order chi connectivity index (χ0) is 10.7. The molecule has 0 spiro atoms. The summed E-state index contributed by atoms with van der Waals surface area (Å²) in [6.07, 6.45) is 0. The summed E-state index contributed by atoms with van der Waals surface area (Å²) < 4.78 is 11.6. The molecule has 0 saturated heterocycles. The molecule has 0 amide bonds. The van der Waals surface area contributed by atoms with Gasteiger partial charge in [-0.2, -0.15) is 0 Å². The summed E-state index contributed by atoms with van der Waals surface area (Å²) in [6, 6.07) is 7.04. The number of benzene rings is 1. The number of carboxylic acid groups (broad SMARTS) is 1. The van der Waals surface area contributed by atoms with E-state index in [-0.39, 0.29) is 0 Å². The molecule has 0 aliphatic rings. The highest BCUT2D eigenvalue weighted by molar-refractivity contribution is 7.86. The maximum atomic E-state index is 11.6. The van der Waals surface area contributed by atoms with Crippen LogP contribution in [0.3, 0.4) is 0 Å². The van der Waals surface area contributed by atoms with Crippen molar-refractivity contribution in [1.82, 2.24) is 0 Å². The van der Waals surface area contributed by atoms with Crippen molar-refractivity contribution in [3.8, 4) is 0 Å². The summed E-state index contributed by atoms with van der Waals surface area (Å²) in [5.41, 5.74) is 1.06. The fraction of sp³-hybridized carbons (Fsp3) is 0.300. The van der Waals surface area contributed by atoms with Crippen LogP contribution in [0, 0.1) is 6.92 Å². The van der Waals surface area contributed by atoms with E-state index in [1.54, 1.807) is 12.1 Å². The van der Waals surface area contributed by atoms with Crippen LogP contribution in [0.5, 0.6) is 0 Å². The number of carbonyl (C=O) groups is 1. The Balaban J connectivity index is 2.90. The third-order valence-corrected chi connectivity index (χ3v) is 3.50. The second kappa shape index (κ2) is 4.37. The molecule has 4 heteroatoms. The Hall–Kier alpha value is -1.16. The summed E-state index contributed by atoms with van der Waals surface area (Å²) in [5, 5.41) is 7.81. The molecule has 0 aliphatic carbocycles. The van der Waals surface area contributed by atoms with Gasteiger partial charge in [-0.05, 0) is 26.0 Å². The zero-order valence-corrected chi connectivity index (χ0v) is 8.88. The van der Waals surface area contributed by atoms with Gasteiger partial charge in [0.15, 0.2) is 0 Å². The third-order valence-electron chi connectivity index (χ3n) is 1.92. The normalized spacial score (nSPS) is 14.7. The number of hydrogen-bond acceptors (Lipinski definition) is 2. The fourth-order valence-corrected chi connectivity index (χ4v) is 1.96. The van der Waals surface area contributed by atoms with Crippen molar-refractivity contribution in [3.05, 3.63) is 29.8 Å². The van der Waals surface area contributed by atoms with Gasteiger partial charge < -0.3 is 5.11 Å². The molecule has 1 aromatic carbocycles. The first kappa shape index (κ1) is 10.9. The van der Waals surface area contributed by atoms with Gasteiger partial charge in [0.25, 0.3) is 0 Å². The molecule has 0 radical (unpaired) electrons. The standard InChI is InChI=1S/C10H12O3S/c1-7-3-5-9(6-4-7)14(13)8(2)10(11)12/h3-6,8H,1-2H3,(H,11,12). The van der Waals surface area contributed by atoms with E-state index in [9.17, 15) is 9.00 Å². The zero-order valence-electron chi connectivity index (χ0n) is 8.06. The number of aliphatic carboxylic acids is 1. The maximum Gasteiger partial charge on any atom is 0.319 e. The molecule has 1 aromatic rings. The lowest BCUT2D eigenvalue weighted by atomic mass is 10.2. The van der Waals surface area contributed by atoms with E-state index in [0.29, 0.717) is 4.90 Å². The first-order valence-corrected chi connectivity index (χ1v) is 5.43. The van der Waals surface area contributed by atoms with Gasteiger partial charge in [0.05, 0.1) is 10.8 Å². The van der Waals surface area contributed by atoms with Crippen LogP contribution in [0.4, 0.5) is 0 Å². The lowest BCUT2D eigenvalue weighted by Crippen LogP contribution is -2.21. The molecule has 2 unspecified atom stereocenters. The van der Waals surface area contributed by atoms with Gasteiger partial charge >= 0.3 is 5.97 Å². The highest BCUT2D eigenvalue weighted by atomic mass is 32.2. The molecule has 76 valence electrons. The molecule has 0 aliphatic heterocycles. The summed E-state index contributed by atoms with van der Waals surface area (Å²) in [5.74, 6) is -1.04. The first-order valence-electron chi connectivity index (χ1n) is 4.22. The van der Waals surface area contributed by atoms with E-state index in [2.05, 4.69) is 0 Å². The predicted octanol–water partition coefficient (Wildman–Crippen LogP) is 1.58. The van der Waals surface area contributed by atoms with Crippen LogP contribution >= 0.6 is 0 Å². The molecular weight excluding hydrogens is 200 g/mol. The summed E-state index contributed by atoms with van der Waals surface area (Å²) >= 11 is 0. The average Bonchev–Trinajstić information content (AvgIpc) is 2.16. The van der Waals surface area contributed by atoms with Crippen molar-refractivity contribution in [2.75, 3.05) is 0 Å². The Morgan fingerprint density at radius 1 is 1.36 bits per heavy atom. The van der Waals surface area contributed by atoms with Gasteiger partial charge in [-0.3, -0.25) is 9.00 Å². The lowest BCUT2D eigenvalue weighted by molar-refractivity contribution is -0.136. The monoisotopic (exact) mass is 212 g/mol. The Morgan fingerprint density at radius 3 is 2.29 bits per heavy atom. The molecule has 0 bridgehead atoms. The fourth-order valence-electron chi connectivity index (χ4n) is 0.968. The molecule has 0 heterocycles. The van der Waals surface area contributed by atoms with E-state index in [1.165, 1.54) is 6.92 Å². The molecular formula is C10H12O3S. The number of aryl methyl sites for hydroxylation is 1. The Labute approximate surface area is 85.2 Å². The molecule has 0 aromatic heterocycles. The minimum atomic E-state index is -1.47. The van der Waals surface area contributed by atoms with Crippen LogP contribution in [0.25, 0.3) is 0 Å². The molecule has 0 fully saturated rings. The van der Waals surface area contributed by atoms with Gasteiger partial charge in [0.1, 0.15) is 5.25 Å². The van der Waals surface area contributed by atoms with Gasteiger partial charge in [-0.25, -0.2) is 0 Å². The van der Waals surface area contributed by atoms with E-state index in [1.807, 2.05) is 19.1 Å². The molecule has 1 N–H and O–H groups in total. The smallest absolute Gasteiger partial charge is 0.319 e.